The number of fused-ring (bicyclic) bond motifs is 1. The summed E-state index contributed by atoms with van der Waals surface area (Å²) >= 11 is 1.42. The summed E-state index contributed by atoms with van der Waals surface area (Å²) in [6.45, 7) is 5.98. The molecule has 2 fully saturated rings. The van der Waals surface area contributed by atoms with E-state index in [2.05, 4.69) is 4.99 Å². The second kappa shape index (κ2) is 6.52. The van der Waals surface area contributed by atoms with Gasteiger partial charge < -0.3 is 4.90 Å². The Morgan fingerprint density at radius 2 is 1.96 bits per heavy atom. The van der Waals surface area contributed by atoms with Gasteiger partial charge in [0, 0.05) is 17.4 Å². The van der Waals surface area contributed by atoms with Crippen molar-refractivity contribution in [3.05, 3.63) is 29.8 Å². The number of aliphatic imine (C=N–C) groups is 1. The van der Waals surface area contributed by atoms with Crippen LogP contribution in [0.3, 0.4) is 0 Å². The van der Waals surface area contributed by atoms with Crippen LogP contribution in [0.1, 0.15) is 25.8 Å². The third kappa shape index (κ3) is 3.67. The molecule has 2 aliphatic rings. The Morgan fingerprint density at radius 3 is 2.58 bits per heavy atom. The number of nitrogens with zero attached hydrogens (tertiary/aromatic N) is 2. The van der Waals surface area contributed by atoms with Crippen LogP contribution in [-0.2, 0) is 14.6 Å². The van der Waals surface area contributed by atoms with Crippen LogP contribution in [0.2, 0.25) is 0 Å². The first-order valence-electron chi connectivity index (χ1n) is 8.09. The number of hydrogen-bond donors (Lipinski definition) is 0. The summed E-state index contributed by atoms with van der Waals surface area (Å²) in [6, 6.07) is 7.76. The van der Waals surface area contributed by atoms with E-state index < -0.39 is 9.84 Å². The lowest BCUT2D eigenvalue weighted by atomic mass is 10.1. The third-order valence-electron chi connectivity index (χ3n) is 4.18. The summed E-state index contributed by atoms with van der Waals surface area (Å²) in [4.78, 5) is 18.4. The largest absolute Gasteiger partial charge is 0.316 e. The van der Waals surface area contributed by atoms with E-state index in [9.17, 15) is 13.2 Å². The maximum Gasteiger partial charge on any atom is 0.248 e. The molecule has 5 nitrogen and oxygen atoms in total. The van der Waals surface area contributed by atoms with Crippen LogP contribution in [0, 0.1) is 12.8 Å². The SMILES string of the molecule is Cc1ccc(N2C(=NC(=O)CC(C)C)S[C@H]3CS(=O)(=O)C[C@@H]32)cc1. The van der Waals surface area contributed by atoms with Gasteiger partial charge in [-0.15, -0.1) is 0 Å². The third-order valence-corrected chi connectivity index (χ3v) is 7.39. The quantitative estimate of drug-likeness (QED) is 0.823. The van der Waals surface area contributed by atoms with Crippen LogP contribution >= 0.6 is 11.8 Å². The van der Waals surface area contributed by atoms with E-state index in [0.29, 0.717) is 11.6 Å². The molecule has 0 aromatic heterocycles. The number of sulfone groups is 1. The number of hydrogen-bond acceptors (Lipinski definition) is 4. The van der Waals surface area contributed by atoms with E-state index in [0.717, 1.165) is 11.3 Å². The minimum absolute atomic E-state index is 0.0538. The van der Waals surface area contributed by atoms with Crippen LogP contribution in [0.4, 0.5) is 5.69 Å². The Kier molecular flexibility index (Phi) is 4.75. The van der Waals surface area contributed by atoms with Crippen molar-refractivity contribution < 1.29 is 13.2 Å². The van der Waals surface area contributed by atoms with Crippen molar-refractivity contribution in [2.45, 2.75) is 38.5 Å². The van der Waals surface area contributed by atoms with E-state index >= 15 is 0 Å². The highest BCUT2D eigenvalue weighted by Crippen LogP contribution is 2.41. The van der Waals surface area contributed by atoms with Crippen LogP contribution in [0.25, 0.3) is 0 Å². The first-order chi connectivity index (χ1) is 11.2. The van der Waals surface area contributed by atoms with E-state index in [1.807, 2.05) is 49.9 Å². The monoisotopic (exact) mass is 366 g/mol. The molecule has 2 saturated heterocycles. The lowest BCUT2D eigenvalue weighted by molar-refractivity contribution is -0.118. The van der Waals surface area contributed by atoms with Crippen molar-refractivity contribution in [1.29, 1.82) is 0 Å². The fourth-order valence-corrected chi connectivity index (χ4v) is 7.00. The Bertz CT molecular complexity index is 770. The van der Waals surface area contributed by atoms with Gasteiger partial charge >= 0.3 is 0 Å². The van der Waals surface area contributed by atoms with Crippen LogP contribution in [0.15, 0.2) is 29.3 Å². The number of rotatable bonds is 3. The van der Waals surface area contributed by atoms with Gasteiger partial charge in [-0.25, -0.2) is 8.42 Å². The normalized spacial score (nSPS) is 27.0. The topological polar surface area (TPSA) is 66.8 Å². The molecule has 2 aliphatic heterocycles. The molecule has 0 N–H and O–H groups in total. The van der Waals surface area contributed by atoms with Crippen molar-refractivity contribution in [2.24, 2.45) is 10.9 Å². The zero-order valence-corrected chi connectivity index (χ0v) is 15.7. The average Bonchev–Trinajstić information content (AvgIpc) is 2.90. The van der Waals surface area contributed by atoms with Gasteiger partial charge in [-0.3, -0.25) is 4.79 Å². The Hall–Kier alpha value is -1.34. The molecule has 130 valence electrons. The Morgan fingerprint density at radius 1 is 1.29 bits per heavy atom. The molecule has 7 heteroatoms. The standard InChI is InChI=1S/C17H22N2O3S2/c1-11(2)8-16(20)18-17-19(13-6-4-12(3)5-7-13)14-9-24(21,22)10-15(14)23-17/h4-7,11,14-15H,8-10H2,1-3H3/t14-,15-/m0/s1. The molecule has 1 aromatic carbocycles. The number of amides is 1. The van der Waals surface area contributed by atoms with Crippen molar-refractivity contribution >= 4 is 38.4 Å². The maximum absolute atomic E-state index is 12.1. The summed E-state index contributed by atoms with van der Waals surface area (Å²) in [5.74, 6) is 0.381. The van der Waals surface area contributed by atoms with E-state index in [4.69, 9.17) is 0 Å². The number of carbonyl (C=O) groups excluding carboxylic acids is 1. The molecule has 24 heavy (non-hydrogen) atoms. The number of anilines is 1. The molecule has 0 saturated carbocycles. The van der Waals surface area contributed by atoms with Gasteiger partial charge in [0.15, 0.2) is 15.0 Å². The molecule has 2 heterocycles. The van der Waals surface area contributed by atoms with E-state index in [-0.39, 0.29) is 34.6 Å². The number of carbonyl (C=O) groups is 1. The van der Waals surface area contributed by atoms with Crippen molar-refractivity contribution in [3.63, 3.8) is 0 Å². The van der Waals surface area contributed by atoms with Gasteiger partial charge in [-0.05, 0) is 25.0 Å². The van der Waals surface area contributed by atoms with E-state index in [1.165, 1.54) is 11.8 Å². The predicted octanol–water partition coefficient (Wildman–Crippen LogP) is 2.64. The summed E-state index contributed by atoms with van der Waals surface area (Å²) in [5.41, 5.74) is 2.03. The average molecular weight is 367 g/mol. The van der Waals surface area contributed by atoms with Crippen LogP contribution in [-0.4, -0.2) is 42.3 Å². The smallest absolute Gasteiger partial charge is 0.248 e. The molecule has 1 amide bonds. The fourth-order valence-electron chi connectivity index (χ4n) is 3.07. The van der Waals surface area contributed by atoms with Crippen molar-refractivity contribution in [1.82, 2.24) is 0 Å². The highest BCUT2D eigenvalue weighted by Gasteiger charge is 2.49. The van der Waals surface area contributed by atoms with Gasteiger partial charge in [0.05, 0.1) is 17.5 Å². The van der Waals surface area contributed by atoms with Gasteiger partial charge in [-0.2, -0.15) is 4.99 Å². The van der Waals surface area contributed by atoms with Gasteiger partial charge in [0.25, 0.3) is 0 Å². The molecule has 0 unspecified atom stereocenters. The minimum Gasteiger partial charge on any atom is -0.316 e. The highest BCUT2D eigenvalue weighted by atomic mass is 32.2. The number of benzene rings is 1. The molecule has 0 radical (unpaired) electrons. The summed E-state index contributed by atoms with van der Waals surface area (Å²) in [7, 11) is -3.03. The predicted molar refractivity (Wildman–Crippen MR) is 99.4 cm³/mol. The van der Waals surface area contributed by atoms with Gasteiger partial charge in [-0.1, -0.05) is 43.3 Å². The van der Waals surface area contributed by atoms with E-state index in [1.54, 1.807) is 0 Å². The second-order valence-corrected chi connectivity index (χ2v) is 10.3. The molecule has 2 atom stereocenters. The Balaban J connectivity index is 1.95. The maximum atomic E-state index is 12.1. The fraction of sp³-hybridized carbons (Fsp3) is 0.529. The number of amidine groups is 1. The summed E-state index contributed by atoms with van der Waals surface area (Å²) < 4.78 is 24.0. The molecule has 0 bridgehead atoms. The lowest BCUT2D eigenvalue weighted by Gasteiger charge is -2.24. The molecule has 1 aromatic rings. The molecular formula is C17H22N2O3S2. The van der Waals surface area contributed by atoms with Gasteiger partial charge in [0.1, 0.15) is 0 Å². The molecular weight excluding hydrogens is 344 g/mol. The highest BCUT2D eigenvalue weighted by molar-refractivity contribution is 8.16. The number of aryl methyl sites for hydroxylation is 1. The van der Waals surface area contributed by atoms with Crippen molar-refractivity contribution in [2.75, 3.05) is 16.4 Å². The zero-order chi connectivity index (χ0) is 17.5. The zero-order valence-electron chi connectivity index (χ0n) is 14.1. The second-order valence-electron chi connectivity index (χ2n) is 6.89. The molecule has 3 rings (SSSR count). The number of thioether (sulfide) groups is 1. The first-order valence-corrected chi connectivity index (χ1v) is 10.8. The lowest BCUT2D eigenvalue weighted by Crippen LogP contribution is -2.37. The first kappa shape index (κ1) is 17.5. The minimum atomic E-state index is -3.03. The van der Waals surface area contributed by atoms with Crippen molar-refractivity contribution in [3.8, 4) is 0 Å². The Labute approximate surface area is 147 Å². The molecule has 0 aliphatic carbocycles. The summed E-state index contributed by atoms with van der Waals surface area (Å²) in [6.07, 6.45) is 0.402. The molecule has 0 spiro atoms. The summed E-state index contributed by atoms with van der Waals surface area (Å²) in [5, 5.41) is 0.580. The van der Waals surface area contributed by atoms with Crippen LogP contribution in [0.5, 0.6) is 0 Å². The van der Waals surface area contributed by atoms with Crippen LogP contribution < -0.4 is 4.90 Å². The van der Waals surface area contributed by atoms with Gasteiger partial charge in [0.2, 0.25) is 5.91 Å².